The van der Waals surface area contributed by atoms with Gasteiger partial charge in [-0.25, -0.2) is 0 Å². The highest BCUT2D eigenvalue weighted by Crippen LogP contribution is 2.41. The third kappa shape index (κ3) is 2.63. The Morgan fingerprint density at radius 3 is 2.35 bits per heavy atom. The van der Waals surface area contributed by atoms with E-state index in [-0.39, 0.29) is 12.5 Å². The minimum atomic E-state index is 0.141. The van der Waals surface area contributed by atoms with Crippen molar-refractivity contribution in [1.29, 1.82) is 0 Å². The largest absolute Gasteiger partial charge is 0.375 e. The van der Waals surface area contributed by atoms with Crippen molar-refractivity contribution in [3.8, 4) is 0 Å². The molecule has 0 aromatic heterocycles. The van der Waals surface area contributed by atoms with Crippen LogP contribution in [0.25, 0.3) is 0 Å². The van der Waals surface area contributed by atoms with Crippen LogP contribution in [-0.4, -0.2) is 61.6 Å². The molecule has 2 aliphatic heterocycles. The molecule has 1 amide bonds. The first-order valence-electron chi connectivity index (χ1n) is 6.57. The Morgan fingerprint density at radius 2 is 1.88 bits per heavy atom. The van der Waals surface area contributed by atoms with Crippen LogP contribution in [0.1, 0.15) is 26.7 Å². The lowest BCUT2D eigenvalue weighted by Crippen LogP contribution is -2.62. The predicted molar refractivity (Wildman–Crippen MR) is 66.8 cm³/mol. The Bertz CT molecular complexity index is 275. The van der Waals surface area contributed by atoms with Crippen LogP contribution in [0.4, 0.5) is 0 Å². The SMILES string of the molecule is COCC(=O)N1CCC2(CC1)CN(C(C)C)C2. The quantitative estimate of drug-likeness (QED) is 0.737. The molecule has 0 aromatic rings. The fourth-order valence-electron chi connectivity index (χ4n) is 2.94. The molecule has 4 heteroatoms. The summed E-state index contributed by atoms with van der Waals surface area (Å²) in [6.07, 6.45) is 2.32. The standard InChI is InChI=1S/C13H24N2O2/c1-11(2)15-9-13(10-15)4-6-14(7-5-13)12(16)8-17-3/h11H,4-10H2,1-3H3. The second kappa shape index (κ2) is 4.94. The maximum atomic E-state index is 11.7. The van der Waals surface area contributed by atoms with Crippen LogP contribution in [0, 0.1) is 5.41 Å². The second-order valence-corrected chi connectivity index (χ2v) is 5.81. The van der Waals surface area contributed by atoms with Crippen molar-refractivity contribution < 1.29 is 9.53 Å². The van der Waals surface area contributed by atoms with Crippen LogP contribution < -0.4 is 0 Å². The topological polar surface area (TPSA) is 32.8 Å². The van der Waals surface area contributed by atoms with Gasteiger partial charge in [-0.05, 0) is 32.1 Å². The molecule has 0 unspecified atom stereocenters. The fourth-order valence-corrected chi connectivity index (χ4v) is 2.94. The normalized spacial score (nSPS) is 24.1. The number of methoxy groups -OCH3 is 1. The van der Waals surface area contributed by atoms with Crippen LogP contribution in [0.15, 0.2) is 0 Å². The zero-order chi connectivity index (χ0) is 12.5. The molecule has 0 N–H and O–H groups in total. The van der Waals surface area contributed by atoms with Crippen molar-refractivity contribution in [3.63, 3.8) is 0 Å². The third-order valence-corrected chi connectivity index (χ3v) is 4.25. The number of amides is 1. The molecule has 98 valence electrons. The summed E-state index contributed by atoms with van der Waals surface area (Å²) in [6, 6.07) is 0.661. The van der Waals surface area contributed by atoms with E-state index in [2.05, 4.69) is 18.7 Å². The summed E-state index contributed by atoms with van der Waals surface area (Å²) in [7, 11) is 1.58. The lowest BCUT2D eigenvalue weighted by Gasteiger charge is -2.55. The highest BCUT2D eigenvalue weighted by molar-refractivity contribution is 5.77. The molecule has 2 rings (SSSR count). The molecule has 0 atom stereocenters. The molecule has 17 heavy (non-hydrogen) atoms. The van der Waals surface area contributed by atoms with Crippen LogP contribution in [0.2, 0.25) is 0 Å². The van der Waals surface area contributed by atoms with Crippen molar-refractivity contribution in [2.24, 2.45) is 5.41 Å². The highest BCUT2D eigenvalue weighted by atomic mass is 16.5. The number of ether oxygens (including phenoxy) is 1. The molecule has 0 aromatic carbocycles. The highest BCUT2D eigenvalue weighted by Gasteiger charge is 2.45. The van der Waals surface area contributed by atoms with Crippen molar-refractivity contribution >= 4 is 5.91 Å². The van der Waals surface area contributed by atoms with Gasteiger partial charge in [0.15, 0.2) is 0 Å². The lowest BCUT2D eigenvalue weighted by atomic mass is 9.71. The zero-order valence-corrected chi connectivity index (χ0v) is 11.2. The number of hydrogen-bond acceptors (Lipinski definition) is 3. The van der Waals surface area contributed by atoms with E-state index in [1.54, 1.807) is 7.11 Å². The van der Waals surface area contributed by atoms with Crippen molar-refractivity contribution in [1.82, 2.24) is 9.80 Å². The monoisotopic (exact) mass is 240 g/mol. The summed E-state index contributed by atoms with van der Waals surface area (Å²) in [5.41, 5.74) is 0.508. The Balaban J connectivity index is 1.78. The number of carbonyl (C=O) groups excluding carboxylic acids is 1. The molecule has 2 saturated heterocycles. The lowest BCUT2D eigenvalue weighted by molar-refractivity contribution is -0.140. The minimum absolute atomic E-state index is 0.141. The van der Waals surface area contributed by atoms with Gasteiger partial charge in [0.25, 0.3) is 0 Å². The van der Waals surface area contributed by atoms with Gasteiger partial charge in [0.1, 0.15) is 6.61 Å². The van der Waals surface area contributed by atoms with E-state index in [4.69, 9.17) is 4.74 Å². The Hall–Kier alpha value is -0.610. The van der Waals surface area contributed by atoms with Crippen LogP contribution in [0.5, 0.6) is 0 Å². The van der Waals surface area contributed by atoms with E-state index < -0.39 is 0 Å². The average Bonchev–Trinajstić information content (AvgIpc) is 2.26. The summed E-state index contributed by atoms with van der Waals surface area (Å²) in [5, 5.41) is 0. The summed E-state index contributed by atoms with van der Waals surface area (Å²) in [4.78, 5) is 16.2. The van der Waals surface area contributed by atoms with Crippen LogP contribution in [-0.2, 0) is 9.53 Å². The molecule has 2 aliphatic rings. The maximum Gasteiger partial charge on any atom is 0.248 e. The first-order valence-corrected chi connectivity index (χ1v) is 6.57. The van der Waals surface area contributed by atoms with E-state index in [1.807, 2.05) is 4.90 Å². The molecule has 0 aliphatic carbocycles. The van der Waals surface area contributed by atoms with E-state index in [0.29, 0.717) is 11.5 Å². The third-order valence-electron chi connectivity index (χ3n) is 4.25. The summed E-state index contributed by atoms with van der Waals surface area (Å²) in [5.74, 6) is 0.141. The van der Waals surface area contributed by atoms with Gasteiger partial charge in [-0.15, -0.1) is 0 Å². The van der Waals surface area contributed by atoms with E-state index >= 15 is 0 Å². The smallest absolute Gasteiger partial charge is 0.248 e. The Kier molecular flexibility index (Phi) is 3.73. The minimum Gasteiger partial charge on any atom is -0.375 e. The first kappa shape index (κ1) is 12.8. The molecule has 1 spiro atoms. The molecule has 0 saturated carbocycles. The molecule has 4 nitrogen and oxygen atoms in total. The van der Waals surface area contributed by atoms with Gasteiger partial charge in [0.05, 0.1) is 0 Å². The second-order valence-electron chi connectivity index (χ2n) is 5.81. The van der Waals surface area contributed by atoms with Gasteiger partial charge in [-0.2, -0.15) is 0 Å². The summed E-state index contributed by atoms with van der Waals surface area (Å²) in [6.45, 7) is 9.00. The van der Waals surface area contributed by atoms with Gasteiger partial charge in [0, 0.05) is 39.3 Å². The maximum absolute atomic E-state index is 11.7. The average molecular weight is 240 g/mol. The molecule has 0 radical (unpaired) electrons. The number of likely N-dealkylation sites (tertiary alicyclic amines) is 2. The molecule has 2 heterocycles. The molecular weight excluding hydrogens is 216 g/mol. The number of piperidine rings is 1. The summed E-state index contributed by atoms with van der Waals surface area (Å²) >= 11 is 0. The Labute approximate surface area is 104 Å². The van der Waals surface area contributed by atoms with Crippen molar-refractivity contribution in [3.05, 3.63) is 0 Å². The summed E-state index contributed by atoms with van der Waals surface area (Å²) < 4.78 is 4.90. The van der Waals surface area contributed by atoms with E-state index in [9.17, 15) is 4.79 Å². The van der Waals surface area contributed by atoms with E-state index in [1.165, 1.54) is 13.1 Å². The molecule has 0 bridgehead atoms. The molecular formula is C13H24N2O2. The zero-order valence-electron chi connectivity index (χ0n) is 11.2. The van der Waals surface area contributed by atoms with Crippen molar-refractivity contribution in [2.45, 2.75) is 32.7 Å². The van der Waals surface area contributed by atoms with Gasteiger partial charge in [-0.1, -0.05) is 0 Å². The van der Waals surface area contributed by atoms with Crippen LogP contribution >= 0.6 is 0 Å². The molecule has 2 fully saturated rings. The fraction of sp³-hybridized carbons (Fsp3) is 0.923. The number of hydrogen-bond donors (Lipinski definition) is 0. The van der Waals surface area contributed by atoms with Crippen molar-refractivity contribution in [2.75, 3.05) is 39.9 Å². The van der Waals surface area contributed by atoms with Gasteiger partial charge in [-0.3, -0.25) is 9.69 Å². The van der Waals surface area contributed by atoms with Gasteiger partial charge >= 0.3 is 0 Å². The first-order chi connectivity index (χ1) is 8.06. The predicted octanol–water partition coefficient (Wildman–Crippen LogP) is 0.966. The Morgan fingerprint density at radius 1 is 1.29 bits per heavy atom. The van der Waals surface area contributed by atoms with E-state index in [0.717, 1.165) is 25.9 Å². The number of nitrogens with zero attached hydrogens (tertiary/aromatic N) is 2. The van der Waals surface area contributed by atoms with Crippen LogP contribution in [0.3, 0.4) is 0 Å². The number of rotatable bonds is 3. The van der Waals surface area contributed by atoms with Gasteiger partial charge < -0.3 is 9.64 Å². The van der Waals surface area contributed by atoms with Gasteiger partial charge in [0.2, 0.25) is 5.91 Å². The number of carbonyl (C=O) groups is 1.